The van der Waals surface area contributed by atoms with Gasteiger partial charge in [0.2, 0.25) is 0 Å². The van der Waals surface area contributed by atoms with E-state index in [1.54, 1.807) is 6.07 Å². The van der Waals surface area contributed by atoms with Gasteiger partial charge in [-0.25, -0.2) is 0 Å². The molecule has 1 fully saturated rings. The monoisotopic (exact) mass is 402 g/mol. The minimum atomic E-state index is -0.174. The number of amides is 1. The fourth-order valence-corrected chi connectivity index (χ4v) is 3.28. The Bertz CT molecular complexity index is 774. The number of carbonyl (C=O) groups is 1. The van der Waals surface area contributed by atoms with Crippen molar-refractivity contribution in [1.82, 2.24) is 15.5 Å². The second-order valence-electron chi connectivity index (χ2n) is 7.45. The third kappa shape index (κ3) is 5.58. The molecule has 0 spiro atoms. The Morgan fingerprint density at radius 2 is 1.96 bits per heavy atom. The van der Waals surface area contributed by atoms with Crippen LogP contribution in [0.2, 0.25) is 5.02 Å². The summed E-state index contributed by atoms with van der Waals surface area (Å²) in [5.74, 6) is 1.90. The molecule has 0 unspecified atom stereocenters. The van der Waals surface area contributed by atoms with Crippen LogP contribution in [0.3, 0.4) is 0 Å². The molecule has 6 nitrogen and oxygen atoms in total. The first kappa shape index (κ1) is 20.4. The largest absolute Gasteiger partial charge is 0.489 e. The normalized spacial score (nSPS) is 14.9. The topological polar surface area (TPSA) is 67.4 Å². The molecule has 1 amide bonds. The molecule has 7 heteroatoms. The lowest BCUT2D eigenvalue weighted by molar-refractivity contribution is 0.0946. The lowest BCUT2D eigenvalue weighted by Crippen LogP contribution is -2.39. The molecule has 1 aromatic heterocycles. The molecule has 0 bridgehead atoms. The van der Waals surface area contributed by atoms with Gasteiger partial charge in [0, 0.05) is 32.5 Å². The van der Waals surface area contributed by atoms with Crippen LogP contribution in [-0.4, -0.2) is 41.8 Å². The Balaban J connectivity index is 1.49. The summed E-state index contributed by atoms with van der Waals surface area (Å²) in [4.78, 5) is 14.3. The number of para-hydroxylation sites is 1. The maximum absolute atomic E-state index is 12.1. The third-order valence-electron chi connectivity index (χ3n) is 4.79. The van der Waals surface area contributed by atoms with Crippen molar-refractivity contribution in [2.75, 3.05) is 24.5 Å². The zero-order chi connectivity index (χ0) is 19.9. The molecular weight excluding hydrogens is 376 g/mol. The predicted molar refractivity (Wildman–Crippen MR) is 111 cm³/mol. The highest BCUT2D eigenvalue weighted by molar-refractivity contribution is 6.32. The number of hydrogen-bond donors (Lipinski definition) is 1. The molecule has 1 N–H and O–H groups in total. The number of aromatic nitrogens is 2. The summed E-state index contributed by atoms with van der Waals surface area (Å²) in [5.41, 5.74) is 0.351. The van der Waals surface area contributed by atoms with Crippen LogP contribution in [0, 0.1) is 5.92 Å². The summed E-state index contributed by atoms with van der Waals surface area (Å²) in [5, 5.41) is 11.9. The van der Waals surface area contributed by atoms with Gasteiger partial charge in [-0.3, -0.25) is 4.79 Å². The fraction of sp³-hybridized carbons (Fsp3) is 0.476. The summed E-state index contributed by atoms with van der Waals surface area (Å²) in [6.07, 6.45) is 2.84. The summed E-state index contributed by atoms with van der Waals surface area (Å²) in [6, 6.07) is 11.1. The number of hydrogen-bond acceptors (Lipinski definition) is 5. The van der Waals surface area contributed by atoms with Crippen LogP contribution < -0.4 is 15.0 Å². The van der Waals surface area contributed by atoms with E-state index in [0.29, 0.717) is 23.2 Å². The number of carbonyl (C=O) groups excluding carboxylic acids is 1. The molecule has 2 heterocycles. The summed E-state index contributed by atoms with van der Waals surface area (Å²) in [7, 11) is 0. The van der Waals surface area contributed by atoms with Crippen molar-refractivity contribution < 1.29 is 9.53 Å². The van der Waals surface area contributed by atoms with Crippen LogP contribution >= 0.6 is 11.6 Å². The molecule has 0 atom stereocenters. The zero-order valence-electron chi connectivity index (χ0n) is 16.4. The van der Waals surface area contributed by atoms with E-state index in [1.807, 2.05) is 30.3 Å². The Hall–Kier alpha value is -2.34. The maximum atomic E-state index is 12.1. The van der Waals surface area contributed by atoms with E-state index in [4.69, 9.17) is 16.3 Å². The zero-order valence-corrected chi connectivity index (χ0v) is 17.2. The van der Waals surface area contributed by atoms with Crippen molar-refractivity contribution in [3.8, 4) is 5.75 Å². The predicted octanol–water partition coefficient (Wildman–Crippen LogP) is 3.95. The molecule has 1 aliphatic heterocycles. The second-order valence-corrected chi connectivity index (χ2v) is 7.86. The van der Waals surface area contributed by atoms with E-state index in [9.17, 15) is 4.79 Å². The van der Waals surface area contributed by atoms with Crippen LogP contribution in [-0.2, 0) is 0 Å². The van der Waals surface area contributed by atoms with Crippen LogP contribution in [0.5, 0.6) is 5.75 Å². The maximum Gasteiger partial charge on any atom is 0.271 e. The van der Waals surface area contributed by atoms with Crippen molar-refractivity contribution in [3.05, 3.63) is 47.1 Å². The van der Waals surface area contributed by atoms with Crippen LogP contribution in [0.1, 0.15) is 43.6 Å². The summed E-state index contributed by atoms with van der Waals surface area (Å²) >= 11 is 6.17. The van der Waals surface area contributed by atoms with Crippen molar-refractivity contribution in [2.24, 2.45) is 5.92 Å². The number of halogens is 1. The van der Waals surface area contributed by atoms with Crippen LogP contribution in [0.15, 0.2) is 36.4 Å². The SMILES string of the molecule is CC(C)CCNC(=O)c1ccc(N2CCC(Oc3ccccc3Cl)CC2)nn1. The van der Waals surface area contributed by atoms with Gasteiger partial charge in [0.25, 0.3) is 5.91 Å². The summed E-state index contributed by atoms with van der Waals surface area (Å²) in [6.45, 7) is 6.55. The number of nitrogens with one attached hydrogen (secondary N) is 1. The average molecular weight is 403 g/mol. The van der Waals surface area contributed by atoms with Crippen molar-refractivity contribution in [2.45, 2.75) is 39.2 Å². The van der Waals surface area contributed by atoms with E-state index in [0.717, 1.165) is 43.9 Å². The first-order chi connectivity index (χ1) is 13.5. The fourth-order valence-electron chi connectivity index (χ4n) is 3.10. The molecule has 1 aliphatic rings. The van der Waals surface area contributed by atoms with Gasteiger partial charge in [-0.2, -0.15) is 0 Å². The first-order valence-corrected chi connectivity index (χ1v) is 10.2. The van der Waals surface area contributed by atoms with Gasteiger partial charge < -0.3 is 15.0 Å². The van der Waals surface area contributed by atoms with E-state index < -0.39 is 0 Å². The van der Waals surface area contributed by atoms with Gasteiger partial charge in [-0.05, 0) is 36.6 Å². The number of rotatable bonds is 7. The summed E-state index contributed by atoms with van der Waals surface area (Å²) < 4.78 is 6.03. The lowest BCUT2D eigenvalue weighted by Gasteiger charge is -2.32. The van der Waals surface area contributed by atoms with Gasteiger partial charge in [0.1, 0.15) is 11.9 Å². The number of benzene rings is 1. The van der Waals surface area contributed by atoms with Crippen LogP contribution in [0.4, 0.5) is 5.82 Å². The van der Waals surface area contributed by atoms with Gasteiger partial charge in [0.15, 0.2) is 11.5 Å². The highest BCUT2D eigenvalue weighted by Gasteiger charge is 2.22. The highest BCUT2D eigenvalue weighted by atomic mass is 35.5. The lowest BCUT2D eigenvalue weighted by atomic mass is 10.1. The number of anilines is 1. The third-order valence-corrected chi connectivity index (χ3v) is 5.10. The van der Waals surface area contributed by atoms with E-state index >= 15 is 0 Å². The standard InChI is InChI=1S/C21H27ClN4O2/c1-15(2)9-12-23-21(27)18-7-8-20(25-24-18)26-13-10-16(11-14-26)28-19-6-4-3-5-17(19)22/h3-8,15-16H,9-14H2,1-2H3,(H,23,27). The minimum Gasteiger partial charge on any atom is -0.489 e. The number of piperidine rings is 1. The minimum absolute atomic E-state index is 0.134. The molecule has 0 radical (unpaired) electrons. The van der Waals surface area contributed by atoms with Crippen molar-refractivity contribution in [3.63, 3.8) is 0 Å². The second kappa shape index (κ2) is 9.73. The Morgan fingerprint density at radius 3 is 2.61 bits per heavy atom. The molecular formula is C21H27ClN4O2. The molecule has 0 aliphatic carbocycles. The highest BCUT2D eigenvalue weighted by Crippen LogP contribution is 2.27. The number of ether oxygens (including phenoxy) is 1. The van der Waals surface area contributed by atoms with E-state index in [1.165, 1.54) is 0 Å². The quantitative estimate of drug-likeness (QED) is 0.759. The molecule has 28 heavy (non-hydrogen) atoms. The van der Waals surface area contributed by atoms with Gasteiger partial charge in [-0.15, -0.1) is 10.2 Å². The molecule has 2 aromatic rings. The molecule has 1 aromatic carbocycles. The molecule has 3 rings (SSSR count). The van der Waals surface area contributed by atoms with E-state index in [-0.39, 0.29) is 12.0 Å². The number of nitrogens with zero attached hydrogens (tertiary/aromatic N) is 3. The molecule has 1 saturated heterocycles. The Labute approximate surface area is 171 Å². The first-order valence-electron chi connectivity index (χ1n) is 9.81. The van der Waals surface area contributed by atoms with Gasteiger partial charge in [-0.1, -0.05) is 37.6 Å². The average Bonchev–Trinajstić information content (AvgIpc) is 2.70. The van der Waals surface area contributed by atoms with Crippen molar-refractivity contribution >= 4 is 23.3 Å². The van der Waals surface area contributed by atoms with Gasteiger partial charge in [0.05, 0.1) is 5.02 Å². The Morgan fingerprint density at radius 1 is 1.21 bits per heavy atom. The molecule has 0 saturated carbocycles. The van der Waals surface area contributed by atoms with Crippen molar-refractivity contribution in [1.29, 1.82) is 0 Å². The van der Waals surface area contributed by atoms with Gasteiger partial charge >= 0.3 is 0 Å². The van der Waals surface area contributed by atoms with Crippen LogP contribution in [0.25, 0.3) is 0 Å². The van der Waals surface area contributed by atoms with E-state index in [2.05, 4.69) is 34.3 Å². The Kier molecular flexibility index (Phi) is 7.09. The smallest absolute Gasteiger partial charge is 0.271 e. The molecule has 150 valence electrons.